The molecule has 3 rings (SSSR count). The molecule has 1 aromatic rings. The molecular weight excluding hydrogens is 275 g/mol. The molecule has 0 fully saturated rings. The minimum Gasteiger partial charge on any atom is -0.491 e. The van der Waals surface area contributed by atoms with Crippen molar-refractivity contribution in [1.29, 1.82) is 0 Å². The molecule has 11 heteroatoms. The van der Waals surface area contributed by atoms with Crippen molar-refractivity contribution in [1.82, 2.24) is 0 Å². The molecule has 0 saturated carbocycles. The van der Waals surface area contributed by atoms with Crippen molar-refractivity contribution in [2.45, 2.75) is 0 Å². The molecule has 0 aromatic heterocycles. The predicted molar refractivity (Wildman–Crippen MR) is 54.2 cm³/mol. The second kappa shape index (κ2) is 3.60. The van der Waals surface area contributed by atoms with Crippen LogP contribution >= 0.6 is 0 Å². The molecule has 0 aliphatic carbocycles. The number of methoxy groups -OCH3 is 1. The molecule has 9 nitrogen and oxygen atoms in total. The molecule has 1 aromatic carbocycles. The summed E-state index contributed by atoms with van der Waals surface area (Å²) in [5.41, 5.74) is 3.64. The van der Waals surface area contributed by atoms with Crippen molar-refractivity contribution in [3.8, 4) is 17.2 Å². The van der Waals surface area contributed by atoms with Gasteiger partial charge in [0.1, 0.15) is 5.69 Å². The van der Waals surface area contributed by atoms with E-state index in [0.29, 0.717) is 0 Å². The number of hydrogen-bond acceptors (Lipinski definition) is 8. The first-order valence-corrected chi connectivity index (χ1v) is 5.59. The van der Waals surface area contributed by atoms with Gasteiger partial charge in [-0.05, 0) is 0 Å². The fourth-order valence-corrected chi connectivity index (χ4v) is 2.17. The summed E-state index contributed by atoms with van der Waals surface area (Å²) in [7, 11) is -3.63. The van der Waals surface area contributed by atoms with Gasteiger partial charge in [-0.1, -0.05) is 0 Å². The molecule has 0 atom stereocenters. The SMILES string of the molecule is COc1c(N)c2c([N+](=O)[O-])c(F)c1OS(=O)(=O)O2. The molecule has 98 valence electrons. The van der Waals surface area contributed by atoms with Gasteiger partial charge in [0.05, 0.1) is 12.0 Å². The number of nitrogen functional groups attached to an aromatic ring is 1. The fourth-order valence-electron chi connectivity index (χ4n) is 1.41. The van der Waals surface area contributed by atoms with Crippen LogP contribution in [-0.4, -0.2) is 20.5 Å². The van der Waals surface area contributed by atoms with Gasteiger partial charge in [-0.15, -0.1) is 8.42 Å². The van der Waals surface area contributed by atoms with E-state index in [1.54, 1.807) is 0 Å². The number of ether oxygens (including phenoxy) is 1. The van der Waals surface area contributed by atoms with Crippen molar-refractivity contribution in [2.24, 2.45) is 0 Å². The predicted octanol–water partition coefficient (Wildman–Crippen LogP) is 0.341. The standard InChI is InChI=1S/C7H5FN2O7S/c1-15-7-3(9)6-4(10(11)12)2(8)5(7)16-18(13,14)17-6/h9H2,1H3. The number of fused-ring (bicyclic) bond motifs is 4. The van der Waals surface area contributed by atoms with Crippen LogP contribution in [0.2, 0.25) is 0 Å². The van der Waals surface area contributed by atoms with Crippen molar-refractivity contribution >= 4 is 21.8 Å². The Bertz CT molecular complexity index is 656. The third-order valence-corrected chi connectivity index (χ3v) is 2.82. The molecule has 0 spiro atoms. The highest BCUT2D eigenvalue weighted by Gasteiger charge is 2.42. The monoisotopic (exact) mass is 280 g/mol. The molecule has 0 amide bonds. The second-order valence-corrected chi connectivity index (χ2v) is 4.25. The third-order valence-electron chi connectivity index (χ3n) is 2.08. The molecule has 0 saturated heterocycles. The van der Waals surface area contributed by atoms with Gasteiger partial charge >= 0.3 is 16.1 Å². The van der Waals surface area contributed by atoms with Gasteiger partial charge in [0.2, 0.25) is 5.75 Å². The van der Waals surface area contributed by atoms with E-state index < -0.39 is 49.8 Å². The molecular formula is C7H5FN2O7S. The Morgan fingerprint density at radius 2 is 1.94 bits per heavy atom. The molecule has 2 heterocycles. The zero-order chi connectivity index (χ0) is 13.7. The third kappa shape index (κ3) is 1.55. The van der Waals surface area contributed by atoms with Crippen LogP contribution in [0.3, 0.4) is 0 Å². The summed E-state index contributed by atoms with van der Waals surface area (Å²) in [5, 5.41) is 10.7. The van der Waals surface area contributed by atoms with Crippen molar-refractivity contribution < 1.29 is 30.8 Å². The van der Waals surface area contributed by atoms with Gasteiger partial charge in [-0.25, -0.2) is 0 Å². The molecule has 2 bridgehead atoms. The van der Waals surface area contributed by atoms with Crippen LogP contribution in [0.4, 0.5) is 15.8 Å². The highest BCUT2D eigenvalue weighted by Crippen LogP contribution is 2.52. The summed E-state index contributed by atoms with van der Waals surface area (Å²) in [5.74, 6) is -4.02. The lowest BCUT2D eigenvalue weighted by atomic mass is 10.2. The highest BCUT2D eigenvalue weighted by molar-refractivity contribution is 7.82. The van der Waals surface area contributed by atoms with Crippen LogP contribution in [0.1, 0.15) is 0 Å². The maximum atomic E-state index is 13.7. The van der Waals surface area contributed by atoms with E-state index in [1.165, 1.54) is 0 Å². The highest BCUT2D eigenvalue weighted by atomic mass is 32.3. The van der Waals surface area contributed by atoms with E-state index >= 15 is 0 Å². The molecule has 0 unspecified atom stereocenters. The fraction of sp³-hybridized carbons (Fsp3) is 0.143. The topological polar surface area (TPSA) is 131 Å². The summed E-state index contributed by atoms with van der Waals surface area (Å²) < 4.78 is 49.2. The van der Waals surface area contributed by atoms with Gasteiger partial charge < -0.3 is 18.8 Å². The van der Waals surface area contributed by atoms with Crippen LogP contribution in [0.5, 0.6) is 17.2 Å². The lowest BCUT2D eigenvalue weighted by Gasteiger charge is -2.07. The first kappa shape index (κ1) is 12.2. The number of rotatable bonds is 2. The zero-order valence-corrected chi connectivity index (χ0v) is 9.49. The molecule has 2 N–H and O–H groups in total. The first-order valence-electron chi connectivity index (χ1n) is 4.25. The van der Waals surface area contributed by atoms with Gasteiger partial charge in [0.25, 0.3) is 11.6 Å². The largest absolute Gasteiger partial charge is 0.501 e. The molecule has 18 heavy (non-hydrogen) atoms. The van der Waals surface area contributed by atoms with E-state index in [-0.39, 0.29) is 0 Å². The minimum absolute atomic E-state index is 0.492. The number of nitrogens with two attached hydrogens (primary N) is 1. The summed E-state index contributed by atoms with van der Waals surface area (Å²) in [6.07, 6.45) is 0. The maximum Gasteiger partial charge on any atom is 0.501 e. The van der Waals surface area contributed by atoms with Crippen molar-refractivity contribution in [3.05, 3.63) is 15.9 Å². The van der Waals surface area contributed by atoms with Gasteiger partial charge in [-0.2, -0.15) is 4.39 Å². The number of halogens is 1. The molecule has 2 aliphatic heterocycles. The first-order chi connectivity index (χ1) is 8.28. The Labute approximate surface area is 99.3 Å². The summed E-state index contributed by atoms with van der Waals surface area (Å²) in [4.78, 5) is 9.51. The van der Waals surface area contributed by atoms with Crippen molar-refractivity contribution in [2.75, 3.05) is 12.8 Å². The van der Waals surface area contributed by atoms with E-state index in [2.05, 4.69) is 13.1 Å². The van der Waals surface area contributed by atoms with Crippen LogP contribution in [-0.2, 0) is 10.4 Å². The lowest BCUT2D eigenvalue weighted by molar-refractivity contribution is -0.388. The number of nitrogens with zero attached hydrogens (tertiary/aromatic N) is 1. The zero-order valence-electron chi connectivity index (χ0n) is 8.67. The average Bonchev–Trinajstić information content (AvgIpc) is 2.40. The normalized spacial score (nSPS) is 15.4. The number of benzene rings is 1. The average molecular weight is 280 g/mol. The maximum absolute atomic E-state index is 13.7. The Kier molecular flexibility index (Phi) is 2.43. The summed E-state index contributed by atoms with van der Waals surface area (Å²) >= 11 is 0. The van der Waals surface area contributed by atoms with Crippen LogP contribution in [0.15, 0.2) is 0 Å². The Hall–Kier alpha value is -2.30. The Morgan fingerprint density at radius 3 is 2.44 bits per heavy atom. The van der Waals surface area contributed by atoms with Crippen LogP contribution < -0.4 is 18.8 Å². The quantitative estimate of drug-likeness (QED) is 0.466. The van der Waals surface area contributed by atoms with Crippen LogP contribution in [0, 0.1) is 15.9 Å². The summed E-state index contributed by atoms with van der Waals surface area (Å²) in [6.45, 7) is 0. The lowest BCUT2D eigenvalue weighted by Crippen LogP contribution is -2.14. The summed E-state index contributed by atoms with van der Waals surface area (Å²) in [6, 6.07) is 0. The smallest absolute Gasteiger partial charge is 0.491 e. The van der Waals surface area contributed by atoms with Gasteiger partial charge in [0, 0.05) is 0 Å². The minimum atomic E-state index is -4.69. The van der Waals surface area contributed by atoms with Crippen LogP contribution in [0.25, 0.3) is 0 Å². The van der Waals surface area contributed by atoms with E-state index in [9.17, 15) is 22.9 Å². The van der Waals surface area contributed by atoms with E-state index in [0.717, 1.165) is 7.11 Å². The second-order valence-electron chi connectivity index (χ2n) is 3.10. The molecule has 2 aliphatic rings. The number of nitro benzene ring substituents is 1. The van der Waals surface area contributed by atoms with Gasteiger partial charge in [-0.3, -0.25) is 10.1 Å². The Balaban J connectivity index is 2.93. The van der Waals surface area contributed by atoms with Gasteiger partial charge in [0.15, 0.2) is 5.75 Å². The van der Waals surface area contributed by atoms with Crippen molar-refractivity contribution in [3.63, 3.8) is 0 Å². The number of hydrogen-bond donors (Lipinski definition) is 1. The Morgan fingerprint density at radius 1 is 1.39 bits per heavy atom. The number of anilines is 1. The van der Waals surface area contributed by atoms with E-state index in [4.69, 9.17) is 5.73 Å². The molecule has 0 radical (unpaired) electrons. The number of nitro groups is 1. The van der Waals surface area contributed by atoms with E-state index in [1.807, 2.05) is 0 Å².